The number of ether oxygens (including phenoxy) is 2. The van der Waals surface area contributed by atoms with Crippen LogP contribution in [0.15, 0.2) is 72.3 Å². The molecule has 1 atom stereocenters. The molecular weight excluding hydrogens is 458 g/mol. The van der Waals surface area contributed by atoms with E-state index in [1.807, 2.05) is 6.92 Å². The van der Waals surface area contributed by atoms with Crippen LogP contribution in [-0.2, 0) is 9.59 Å². The number of ketones is 1. The van der Waals surface area contributed by atoms with Crippen LogP contribution in [0.25, 0.3) is 5.76 Å². The Kier molecular flexibility index (Phi) is 6.47. The number of nitrogens with zero attached hydrogens (tertiary/aromatic N) is 1. The zero-order valence-electron chi connectivity index (χ0n) is 18.5. The summed E-state index contributed by atoms with van der Waals surface area (Å²) in [6, 6.07) is 16.4. The summed E-state index contributed by atoms with van der Waals surface area (Å²) in [5, 5.41) is 21.5. The zero-order chi connectivity index (χ0) is 24.4. The number of Topliss-reactive ketones (excluding diaryl/α,β-unsaturated/α-hetero) is 1. The van der Waals surface area contributed by atoms with Gasteiger partial charge in [-0.15, -0.1) is 0 Å². The van der Waals surface area contributed by atoms with Gasteiger partial charge in [-0.25, -0.2) is 0 Å². The maximum Gasteiger partial charge on any atom is 0.300 e. The first-order valence-electron chi connectivity index (χ1n) is 10.5. The molecular formula is C26H22ClNO6. The molecule has 1 aliphatic rings. The van der Waals surface area contributed by atoms with Gasteiger partial charge < -0.3 is 19.7 Å². The summed E-state index contributed by atoms with van der Waals surface area (Å²) in [5.74, 6) is -1.05. The van der Waals surface area contributed by atoms with Crippen molar-refractivity contribution in [1.29, 1.82) is 0 Å². The number of methoxy groups -OCH3 is 1. The maximum absolute atomic E-state index is 13.2. The fourth-order valence-electron chi connectivity index (χ4n) is 3.95. The predicted molar refractivity (Wildman–Crippen MR) is 129 cm³/mol. The molecule has 1 amide bonds. The number of hydrogen-bond acceptors (Lipinski definition) is 6. The molecule has 8 heteroatoms. The largest absolute Gasteiger partial charge is 0.508 e. The Morgan fingerprint density at radius 1 is 1.06 bits per heavy atom. The average Bonchev–Trinajstić information content (AvgIpc) is 3.10. The van der Waals surface area contributed by atoms with E-state index in [1.54, 1.807) is 48.5 Å². The van der Waals surface area contributed by atoms with Gasteiger partial charge in [0.25, 0.3) is 11.7 Å². The van der Waals surface area contributed by atoms with Crippen LogP contribution in [0.2, 0.25) is 5.02 Å². The summed E-state index contributed by atoms with van der Waals surface area (Å²) in [6.45, 7) is 2.34. The summed E-state index contributed by atoms with van der Waals surface area (Å²) >= 11 is 6.29. The van der Waals surface area contributed by atoms with Crippen LogP contribution >= 0.6 is 11.6 Å². The van der Waals surface area contributed by atoms with E-state index in [1.165, 1.54) is 30.2 Å². The van der Waals surface area contributed by atoms with Crippen LogP contribution in [0.1, 0.15) is 24.1 Å². The van der Waals surface area contributed by atoms with Crippen LogP contribution in [-0.4, -0.2) is 35.6 Å². The smallest absolute Gasteiger partial charge is 0.300 e. The van der Waals surface area contributed by atoms with Gasteiger partial charge in [0.15, 0.2) is 0 Å². The van der Waals surface area contributed by atoms with E-state index in [-0.39, 0.29) is 22.1 Å². The van der Waals surface area contributed by atoms with Crippen LogP contribution in [0.3, 0.4) is 0 Å². The van der Waals surface area contributed by atoms with Crippen LogP contribution in [0, 0.1) is 0 Å². The van der Waals surface area contributed by atoms with E-state index in [9.17, 15) is 19.8 Å². The predicted octanol–water partition coefficient (Wildman–Crippen LogP) is 5.08. The number of amides is 1. The third kappa shape index (κ3) is 4.18. The minimum absolute atomic E-state index is 0.0445. The number of aliphatic hydroxyl groups excluding tert-OH is 1. The van der Waals surface area contributed by atoms with E-state index in [4.69, 9.17) is 21.1 Å². The molecule has 1 aliphatic heterocycles. The standard InChI is InChI=1S/C26H22ClNO6/c1-3-34-19-10-7-15(8-11-19)24(30)22-23(16-5-4-6-18(29)13-16)28(26(32)25(22)31)17-9-12-21(33-2)20(27)14-17/h4-14,23,29-30H,3H2,1-2H3/b24-22+. The van der Waals surface area contributed by atoms with E-state index in [0.717, 1.165) is 0 Å². The molecule has 4 rings (SSSR count). The summed E-state index contributed by atoms with van der Waals surface area (Å²) in [6.07, 6.45) is 0. The first kappa shape index (κ1) is 23.2. The second-order valence-electron chi connectivity index (χ2n) is 7.54. The first-order chi connectivity index (χ1) is 16.3. The van der Waals surface area contributed by atoms with E-state index < -0.39 is 17.7 Å². The SMILES string of the molecule is CCOc1ccc(/C(O)=C2\C(=O)C(=O)N(c3ccc(OC)c(Cl)c3)C2c2cccc(O)c2)cc1. The lowest BCUT2D eigenvalue weighted by molar-refractivity contribution is -0.132. The third-order valence-electron chi connectivity index (χ3n) is 5.48. The van der Waals surface area contributed by atoms with Gasteiger partial charge in [0, 0.05) is 11.3 Å². The Morgan fingerprint density at radius 3 is 2.41 bits per heavy atom. The molecule has 0 aromatic heterocycles. The normalized spacial score (nSPS) is 17.1. The molecule has 7 nitrogen and oxygen atoms in total. The lowest BCUT2D eigenvalue weighted by Crippen LogP contribution is -2.29. The molecule has 1 unspecified atom stereocenters. The molecule has 1 fully saturated rings. The Balaban J connectivity index is 1.90. The summed E-state index contributed by atoms with van der Waals surface area (Å²) in [7, 11) is 1.47. The van der Waals surface area contributed by atoms with Gasteiger partial charge >= 0.3 is 0 Å². The van der Waals surface area contributed by atoms with Crippen molar-refractivity contribution in [3.63, 3.8) is 0 Å². The minimum Gasteiger partial charge on any atom is -0.508 e. The van der Waals surface area contributed by atoms with Crippen LogP contribution in [0.4, 0.5) is 5.69 Å². The Bertz CT molecular complexity index is 1280. The van der Waals surface area contributed by atoms with Crippen molar-refractivity contribution in [3.05, 3.63) is 88.5 Å². The lowest BCUT2D eigenvalue weighted by Gasteiger charge is -2.26. The van der Waals surface area contributed by atoms with Gasteiger partial charge in [0.2, 0.25) is 0 Å². The van der Waals surface area contributed by atoms with E-state index in [0.29, 0.717) is 34.9 Å². The molecule has 0 bridgehead atoms. The molecule has 0 spiro atoms. The van der Waals surface area contributed by atoms with Crippen molar-refractivity contribution in [3.8, 4) is 17.2 Å². The number of anilines is 1. The first-order valence-corrected chi connectivity index (χ1v) is 10.9. The lowest BCUT2D eigenvalue weighted by atomic mass is 9.95. The topological polar surface area (TPSA) is 96.3 Å². The number of aliphatic hydroxyl groups is 1. The zero-order valence-corrected chi connectivity index (χ0v) is 19.2. The number of hydrogen-bond donors (Lipinski definition) is 2. The number of phenols is 1. The van der Waals surface area contributed by atoms with Crippen molar-refractivity contribution >= 4 is 34.7 Å². The van der Waals surface area contributed by atoms with Crippen LogP contribution < -0.4 is 14.4 Å². The fraction of sp³-hybridized carbons (Fsp3) is 0.154. The second-order valence-corrected chi connectivity index (χ2v) is 7.95. The van der Waals surface area contributed by atoms with Gasteiger partial charge in [-0.3, -0.25) is 14.5 Å². The molecule has 0 radical (unpaired) electrons. The molecule has 0 aliphatic carbocycles. The molecule has 2 N–H and O–H groups in total. The maximum atomic E-state index is 13.2. The molecule has 34 heavy (non-hydrogen) atoms. The monoisotopic (exact) mass is 479 g/mol. The average molecular weight is 480 g/mol. The quantitative estimate of drug-likeness (QED) is 0.291. The van der Waals surface area contributed by atoms with Gasteiger partial charge in [0.1, 0.15) is 23.0 Å². The van der Waals surface area contributed by atoms with Crippen molar-refractivity contribution < 1.29 is 29.3 Å². The van der Waals surface area contributed by atoms with Crippen molar-refractivity contribution in [2.45, 2.75) is 13.0 Å². The van der Waals surface area contributed by atoms with Gasteiger partial charge in [-0.05, 0) is 67.1 Å². The number of benzene rings is 3. The number of carbonyl (C=O) groups is 2. The van der Waals surface area contributed by atoms with Gasteiger partial charge in [0.05, 0.1) is 30.4 Å². The van der Waals surface area contributed by atoms with Crippen molar-refractivity contribution in [2.24, 2.45) is 0 Å². The molecule has 1 heterocycles. The third-order valence-corrected chi connectivity index (χ3v) is 5.78. The Labute approximate surface area is 201 Å². The Morgan fingerprint density at radius 2 is 1.79 bits per heavy atom. The van der Waals surface area contributed by atoms with Crippen LogP contribution in [0.5, 0.6) is 17.2 Å². The highest BCUT2D eigenvalue weighted by Gasteiger charge is 2.47. The summed E-state index contributed by atoms with van der Waals surface area (Å²) in [5.41, 5.74) is 1.02. The highest BCUT2D eigenvalue weighted by Crippen LogP contribution is 2.44. The van der Waals surface area contributed by atoms with Gasteiger partial charge in [-0.1, -0.05) is 23.7 Å². The highest BCUT2D eigenvalue weighted by molar-refractivity contribution is 6.51. The molecule has 1 saturated heterocycles. The molecule has 174 valence electrons. The number of phenolic OH excluding ortho intramolecular Hbond substituents is 1. The minimum atomic E-state index is -0.997. The van der Waals surface area contributed by atoms with E-state index >= 15 is 0 Å². The summed E-state index contributed by atoms with van der Waals surface area (Å²) in [4.78, 5) is 27.6. The second kappa shape index (κ2) is 9.49. The number of halogens is 1. The Hall–Kier alpha value is -3.97. The number of aromatic hydroxyl groups is 1. The molecule has 0 saturated carbocycles. The highest BCUT2D eigenvalue weighted by atomic mass is 35.5. The fourth-order valence-corrected chi connectivity index (χ4v) is 4.20. The van der Waals surface area contributed by atoms with E-state index in [2.05, 4.69) is 0 Å². The number of carbonyl (C=O) groups excluding carboxylic acids is 2. The van der Waals surface area contributed by atoms with Crippen molar-refractivity contribution in [2.75, 3.05) is 18.6 Å². The molecule has 3 aromatic rings. The van der Waals surface area contributed by atoms with Crippen molar-refractivity contribution in [1.82, 2.24) is 0 Å². The number of rotatable bonds is 6. The summed E-state index contributed by atoms with van der Waals surface area (Å²) < 4.78 is 10.6. The molecule has 3 aromatic carbocycles. The van der Waals surface area contributed by atoms with Gasteiger partial charge in [-0.2, -0.15) is 0 Å².